The van der Waals surface area contributed by atoms with Gasteiger partial charge in [0.1, 0.15) is 16.8 Å². The first-order chi connectivity index (χ1) is 32.7. The van der Waals surface area contributed by atoms with Crippen LogP contribution >= 0.6 is 11.3 Å². The maximum atomic E-state index is 10.5. The van der Waals surface area contributed by atoms with Crippen molar-refractivity contribution in [3.8, 4) is 71.1 Å². The average Bonchev–Trinajstić information content (AvgIpc) is 3.95. The lowest BCUT2D eigenvalue weighted by Crippen LogP contribution is -2.14. The fourth-order valence-electron chi connectivity index (χ4n) is 11.7. The lowest BCUT2D eigenvalue weighted by Gasteiger charge is -2.21. The number of rotatable bonds is 6. The van der Waals surface area contributed by atoms with Crippen molar-refractivity contribution in [2.75, 3.05) is 7.11 Å². The number of thiophene rings is 1. The van der Waals surface area contributed by atoms with Crippen molar-refractivity contribution in [1.29, 1.82) is 0 Å². The zero-order valence-electron chi connectivity index (χ0n) is 38.0. The third kappa shape index (κ3) is 5.62. The number of methoxy groups -OCH3 is 1. The van der Waals surface area contributed by atoms with Gasteiger partial charge in [-0.1, -0.05) is 179 Å². The number of aliphatic hydroxyl groups is 1. The highest BCUT2D eigenvalue weighted by molar-refractivity contribution is 7.21. The summed E-state index contributed by atoms with van der Waals surface area (Å²) in [6.45, 7) is 9.36. The molecule has 0 radical (unpaired) electrons. The molecule has 0 saturated heterocycles. The van der Waals surface area contributed by atoms with E-state index < -0.39 is 0 Å². The van der Waals surface area contributed by atoms with Gasteiger partial charge in [0.25, 0.3) is 0 Å². The molecule has 11 aromatic rings. The molecular weight excluding hydrogens is 837 g/mol. The van der Waals surface area contributed by atoms with E-state index in [0.29, 0.717) is 0 Å². The number of aliphatic hydroxyl groups excluding tert-OH is 1. The highest BCUT2D eigenvalue weighted by atomic mass is 32.1. The van der Waals surface area contributed by atoms with E-state index in [4.69, 9.17) is 14.7 Å². The second-order valence-corrected chi connectivity index (χ2v) is 20.2. The Labute approximate surface area is 393 Å². The summed E-state index contributed by atoms with van der Waals surface area (Å²) < 4.78 is 5.89. The standard InChI is InChI=1S/C62H46N2O2S/c1-61(2)48-23-11-8-19-42(48)53-44(21-14-25-50(53)61)59-57-58(60(67-59)45-22-15-26-51-54(45)43-20-9-12-24-49(43)62(51,3)4)64-56-41-31-29-36(39-18-10-13-27-52(39)66-5)33-47(41)46-32-35(28-30-40(46)55(56)63-57)38-17-7-6-16-37(38)34-65/h6-33,65H,34H2,1-5H3. The van der Waals surface area contributed by atoms with Crippen LogP contribution in [0.25, 0.3) is 109 Å². The summed E-state index contributed by atoms with van der Waals surface area (Å²) in [6.07, 6.45) is 0. The highest BCUT2D eigenvalue weighted by Gasteiger charge is 2.39. The second kappa shape index (κ2) is 14.5. The molecule has 1 N–H and O–H groups in total. The minimum atomic E-state index is -0.157. The van der Waals surface area contributed by atoms with E-state index >= 15 is 0 Å². The van der Waals surface area contributed by atoms with Gasteiger partial charge in [0.15, 0.2) is 0 Å². The van der Waals surface area contributed by atoms with Gasteiger partial charge in [0.2, 0.25) is 0 Å². The van der Waals surface area contributed by atoms with Gasteiger partial charge in [-0.3, -0.25) is 0 Å². The monoisotopic (exact) mass is 882 g/mol. The summed E-state index contributed by atoms with van der Waals surface area (Å²) in [5.74, 6) is 0.819. The molecule has 0 bridgehead atoms. The fourth-order valence-corrected chi connectivity index (χ4v) is 12.9. The maximum absolute atomic E-state index is 10.5. The zero-order chi connectivity index (χ0) is 45.3. The SMILES string of the molecule is COc1ccccc1-c1ccc2c(c1)c1cc(-c3ccccc3CO)ccc1c1nc3c(-c4cccc5c4-c4ccccc4C5(C)C)sc(-c4cccc5c4-c4ccccc4C5(C)C)c3nc21. The molecule has 2 aliphatic rings. The van der Waals surface area contributed by atoms with Crippen molar-refractivity contribution in [1.82, 2.24) is 9.97 Å². The van der Waals surface area contributed by atoms with Crippen LogP contribution in [0.5, 0.6) is 5.75 Å². The number of para-hydroxylation sites is 1. The molecule has 2 heterocycles. The number of hydrogen-bond donors (Lipinski definition) is 1. The average molecular weight is 883 g/mol. The predicted octanol–water partition coefficient (Wildman–Crippen LogP) is 15.9. The molecule has 322 valence electrons. The number of aromatic nitrogens is 2. The molecule has 4 nitrogen and oxygen atoms in total. The van der Waals surface area contributed by atoms with Crippen LogP contribution in [-0.4, -0.2) is 22.2 Å². The molecule has 0 fully saturated rings. The number of hydrogen-bond acceptors (Lipinski definition) is 5. The highest BCUT2D eigenvalue weighted by Crippen LogP contribution is 2.58. The lowest BCUT2D eigenvalue weighted by atomic mass is 9.82. The molecule has 0 atom stereocenters. The Bertz CT molecular complexity index is 3660. The molecule has 2 aromatic heterocycles. The van der Waals surface area contributed by atoms with Crippen molar-refractivity contribution < 1.29 is 9.84 Å². The summed E-state index contributed by atoms with van der Waals surface area (Å²) >= 11 is 1.83. The number of nitrogens with zero attached hydrogens (tertiary/aromatic N) is 2. The first-order valence-corrected chi connectivity index (χ1v) is 23.9. The lowest BCUT2D eigenvalue weighted by molar-refractivity contribution is 0.282. The summed E-state index contributed by atoms with van der Waals surface area (Å²) in [4.78, 5) is 14.0. The van der Waals surface area contributed by atoms with E-state index in [-0.39, 0.29) is 17.4 Å². The third-order valence-electron chi connectivity index (χ3n) is 15.0. The molecule has 0 aliphatic heterocycles. The van der Waals surface area contributed by atoms with Crippen molar-refractivity contribution in [2.24, 2.45) is 0 Å². The largest absolute Gasteiger partial charge is 0.496 e. The quantitative estimate of drug-likeness (QED) is 0.169. The Kier molecular flexibility index (Phi) is 8.65. The first kappa shape index (κ1) is 39.9. The fraction of sp³-hybridized carbons (Fsp3) is 0.129. The van der Waals surface area contributed by atoms with Gasteiger partial charge in [0, 0.05) is 38.3 Å². The molecular formula is C62H46N2O2S. The minimum absolute atomic E-state index is 0.0457. The van der Waals surface area contributed by atoms with Crippen LogP contribution in [0.3, 0.4) is 0 Å². The van der Waals surface area contributed by atoms with E-state index in [2.05, 4.69) is 167 Å². The van der Waals surface area contributed by atoms with Gasteiger partial charge in [-0.2, -0.15) is 0 Å². The summed E-state index contributed by atoms with van der Waals surface area (Å²) in [5.41, 5.74) is 21.1. The second-order valence-electron chi connectivity index (χ2n) is 19.2. The summed E-state index contributed by atoms with van der Waals surface area (Å²) in [6, 6.07) is 61.2. The third-order valence-corrected chi connectivity index (χ3v) is 16.2. The molecule has 5 heteroatoms. The summed E-state index contributed by atoms with van der Waals surface area (Å²) in [5, 5.41) is 14.7. The van der Waals surface area contributed by atoms with E-state index in [1.54, 1.807) is 7.11 Å². The van der Waals surface area contributed by atoms with Gasteiger partial charge in [-0.15, -0.1) is 11.3 Å². The van der Waals surface area contributed by atoms with Crippen molar-refractivity contribution in [3.63, 3.8) is 0 Å². The van der Waals surface area contributed by atoms with Gasteiger partial charge in [-0.25, -0.2) is 9.97 Å². The van der Waals surface area contributed by atoms with Crippen LogP contribution in [0.2, 0.25) is 0 Å². The Hall–Kier alpha value is -7.44. The molecule has 13 rings (SSSR count). The van der Waals surface area contributed by atoms with E-state index in [1.807, 2.05) is 41.7 Å². The van der Waals surface area contributed by atoms with E-state index in [1.165, 1.54) is 55.6 Å². The van der Waals surface area contributed by atoms with Gasteiger partial charge in [-0.05, 0) is 95.7 Å². The van der Waals surface area contributed by atoms with Crippen LogP contribution < -0.4 is 4.74 Å². The van der Waals surface area contributed by atoms with Crippen LogP contribution in [0, 0.1) is 0 Å². The van der Waals surface area contributed by atoms with Crippen LogP contribution in [-0.2, 0) is 17.4 Å². The normalized spacial score (nSPS) is 14.1. The van der Waals surface area contributed by atoms with Crippen LogP contribution in [0.15, 0.2) is 170 Å². The van der Waals surface area contributed by atoms with Gasteiger partial charge < -0.3 is 9.84 Å². The van der Waals surface area contributed by atoms with Crippen molar-refractivity contribution in [2.45, 2.75) is 45.1 Å². The smallest absolute Gasteiger partial charge is 0.126 e. The Morgan fingerprint density at radius 2 is 0.866 bits per heavy atom. The van der Waals surface area contributed by atoms with Gasteiger partial charge in [0.05, 0.1) is 34.5 Å². The molecule has 2 aliphatic carbocycles. The Morgan fingerprint density at radius 1 is 0.433 bits per heavy atom. The van der Waals surface area contributed by atoms with Gasteiger partial charge >= 0.3 is 0 Å². The molecule has 9 aromatic carbocycles. The molecule has 0 saturated carbocycles. The molecule has 0 amide bonds. The maximum Gasteiger partial charge on any atom is 0.126 e. The summed E-state index contributed by atoms with van der Waals surface area (Å²) in [7, 11) is 1.73. The predicted molar refractivity (Wildman–Crippen MR) is 279 cm³/mol. The van der Waals surface area contributed by atoms with E-state index in [0.717, 1.165) is 86.9 Å². The van der Waals surface area contributed by atoms with Crippen molar-refractivity contribution in [3.05, 3.63) is 198 Å². The number of ether oxygens (including phenoxy) is 1. The van der Waals surface area contributed by atoms with Crippen molar-refractivity contribution >= 4 is 54.9 Å². The Balaban J connectivity index is 1.17. The number of fused-ring (bicyclic) bond motifs is 13. The molecule has 0 unspecified atom stereocenters. The zero-order valence-corrected chi connectivity index (χ0v) is 38.8. The topological polar surface area (TPSA) is 55.2 Å². The van der Waals surface area contributed by atoms with Crippen LogP contribution in [0.4, 0.5) is 0 Å². The van der Waals surface area contributed by atoms with Crippen LogP contribution in [0.1, 0.15) is 55.5 Å². The Morgan fingerprint density at radius 3 is 1.39 bits per heavy atom. The number of benzene rings is 9. The minimum Gasteiger partial charge on any atom is -0.496 e. The molecule has 67 heavy (non-hydrogen) atoms. The molecule has 0 spiro atoms. The first-order valence-electron chi connectivity index (χ1n) is 23.1. The van der Waals surface area contributed by atoms with E-state index in [9.17, 15) is 5.11 Å².